The van der Waals surface area contributed by atoms with Crippen LogP contribution in [0.25, 0.3) is 0 Å². The highest BCUT2D eigenvalue weighted by atomic mass is 32.1. The van der Waals surface area contributed by atoms with Gasteiger partial charge in [-0.15, -0.1) is 11.3 Å². The Morgan fingerprint density at radius 2 is 2.53 bits per heavy atom. The molecule has 1 amide bonds. The van der Waals surface area contributed by atoms with Crippen molar-refractivity contribution in [2.75, 3.05) is 5.32 Å². The Morgan fingerprint density at radius 1 is 1.71 bits per heavy atom. The number of nitrogens with zero attached hydrogens (tertiary/aromatic N) is 3. The van der Waals surface area contributed by atoms with Gasteiger partial charge in [0.25, 0.3) is 0 Å². The molecule has 2 heterocycles. The number of nitrogens with one attached hydrogen (secondary N) is 1. The Kier molecular flexibility index (Phi) is 3.38. The van der Waals surface area contributed by atoms with Crippen LogP contribution in [-0.2, 0) is 11.3 Å². The number of carbonyl (C=O) groups is 1. The van der Waals surface area contributed by atoms with Gasteiger partial charge in [-0.2, -0.15) is 5.10 Å². The largest absolute Gasteiger partial charge is 0.374 e. The molecule has 0 spiro atoms. The number of primary amides is 1. The molecule has 0 aliphatic rings. The quantitative estimate of drug-likeness (QED) is 0.830. The maximum atomic E-state index is 10.7. The number of amides is 1. The van der Waals surface area contributed by atoms with Gasteiger partial charge in [-0.25, -0.2) is 4.98 Å². The number of carbonyl (C=O) groups excluding carboxylic acids is 1. The molecule has 2 aromatic heterocycles. The molecule has 7 heteroatoms. The summed E-state index contributed by atoms with van der Waals surface area (Å²) >= 11 is 1.56. The number of aromatic nitrogens is 3. The van der Waals surface area contributed by atoms with Crippen molar-refractivity contribution in [3.8, 4) is 0 Å². The van der Waals surface area contributed by atoms with E-state index in [1.54, 1.807) is 29.2 Å². The van der Waals surface area contributed by atoms with E-state index in [9.17, 15) is 4.79 Å². The first-order chi connectivity index (χ1) is 8.15. The van der Waals surface area contributed by atoms with Crippen LogP contribution in [0.4, 0.5) is 5.69 Å². The van der Waals surface area contributed by atoms with Crippen molar-refractivity contribution in [1.29, 1.82) is 0 Å². The molecule has 1 unspecified atom stereocenters. The molecule has 0 aliphatic carbocycles. The Balaban J connectivity index is 1.99. The standard InChI is InChI=1S/C10H13N5OS/c1-7(9-5-17-6-12-9)14-8-2-13-15(3-8)4-10(11)16/h2-3,5-7,14H,4H2,1H3,(H2,11,16). The number of hydrogen-bond acceptors (Lipinski definition) is 5. The zero-order chi connectivity index (χ0) is 12.3. The first-order valence-electron chi connectivity index (χ1n) is 5.10. The Hall–Kier alpha value is -1.89. The lowest BCUT2D eigenvalue weighted by molar-refractivity contribution is -0.118. The van der Waals surface area contributed by atoms with Crippen LogP contribution in [0.15, 0.2) is 23.3 Å². The van der Waals surface area contributed by atoms with Crippen molar-refractivity contribution in [1.82, 2.24) is 14.8 Å². The second-order valence-corrected chi connectivity index (χ2v) is 4.39. The molecule has 90 valence electrons. The third-order valence-corrected chi connectivity index (χ3v) is 2.83. The van der Waals surface area contributed by atoms with Crippen molar-refractivity contribution in [3.63, 3.8) is 0 Å². The molecule has 0 saturated heterocycles. The first-order valence-corrected chi connectivity index (χ1v) is 6.05. The summed E-state index contributed by atoms with van der Waals surface area (Å²) in [4.78, 5) is 14.9. The Labute approximate surface area is 102 Å². The van der Waals surface area contributed by atoms with Gasteiger partial charge >= 0.3 is 0 Å². The van der Waals surface area contributed by atoms with Gasteiger partial charge in [-0.05, 0) is 6.92 Å². The van der Waals surface area contributed by atoms with E-state index in [-0.39, 0.29) is 12.6 Å². The minimum atomic E-state index is -0.410. The predicted octanol–water partition coefficient (Wildman–Crippen LogP) is 0.998. The van der Waals surface area contributed by atoms with E-state index in [1.807, 2.05) is 12.3 Å². The van der Waals surface area contributed by atoms with Gasteiger partial charge in [0.1, 0.15) is 6.54 Å². The molecule has 2 rings (SSSR count). The third-order valence-electron chi connectivity index (χ3n) is 2.23. The molecule has 0 bridgehead atoms. The molecule has 0 saturated carbocycles. The molecule has 6 nitrogen and oxygen atoms in total. The van der Waals surface area contributed by atoms with E-state index in [0.717, 1.165) is 11.4 Å². The maximum Gasteiger partial charge on any atom is 0.239 e. The highest BCUT2D eigenvalue weighted by Gasteiger charge is 2.08. The Bertz CT molecular complexity index is 493. The molecule has 0 fully saturated rings. The summed E-state index contributed by atoms with van der Waals surface area (Å²) in [6, 6.07) is 0.104. The lowest BCUT2D eigenvalue weighted by Gasteiger charge is -2.10. The van der Waals surface area contributed by atoms with Gasteiger partial charge in [-0.1, -0.05) is 0 Å². The van der Waals surface area contributed by atoms with Crippen molar-refractivity contribution >= 4 is 22.9 Å². The number of rotatable bonds is 5. The molecule has 0 radical (unpaired) electrons. The second-order valence-electron chi connectivity index (χ2n) is 3.67. The van der Waals surface area contributed by atoms with E-state index >= 15 is 0 Å². The van der Waals surface area contributed by atoms with E-state index in [2.05, 4.69) is 15.4 Å². The zero-order valence-corrected chi connectivity index (χ0v) is 10.1. The van der Waals surface area contributed by atoms with Crippen molar-refractivity contribution in [2.45, 2.75) is 19.5 Å². The van der Waals surface area contributed by atoms with Crippen LogP contribution in [0.3, 0.4) is 0 Å². The lowest BCUT2D eigenvalue weighted by atomic mass is 10.2. The van der Waals surface area contributed by atoms with E-state index in [1.165, 1.54) is 4.68 Å². The second kappa shape index (κ2) is 4.96. The number of nitrogens with two attached hydrogens (primary N) is 1. The lowest BCUT2D eigenvalue weighted by Crippen LogP contribution is -2.18. The van der Waals surface area contributed by atoms with E-state index in [4.69, 9.17) is 5.73 Å². The van der Waals surface area contributed by atoms with Crippen LogP contribution in [0.5, 0.6) is 0 Å². The highest BCUT2D eigenvalue weighted by Crippen LogP contribution is 2.18. The summed E-state index contributed by atoms with van der Waals surface area (Å²) in [5.74, 6) is -0.410. The minimum absolute atomic E-state index is 0.0900. The summed E-state index contributed by atoms with van der Waals surface area (Å²) in [6.07, 6.45) is 3.40. The van der Waals surface area contributed by atoms with Crippen LogP contribution in [-0.4, -0.2) is 20.7 Å². The van der Waals surface area contributed by atoms with Crippen LogP contribution in [0.2, 0.25) is 0 Å². The number of thiazole rings is 1. The van der Waals surface area contributed by atoms with E-state index < -0.39 is 5.91 Å². The summed E-state index contributed by atoms with van der Waals surface area (Å²) < 4.78 is 1.50. The van der Waals surface area contributed by atoms with Crippen LogP contribution in [0, 0.1) is 0 Å². The van der Waals surface area contributed by atoms with E-state index in [0.29, 0.717) is 0 Å². The smallest absolute Gasteiger partial charge is 0.239 e. The van der Waals surface area contributed by atoms with Gasteiger partial charge in [-0.3, -0.25) is 9.48 Å². The average Bonchev–Trinajstić information content (AvgIpc) is 2.87. The number of hydrogen-bond donors (Lipinski definition) is 2. The fourth-order valence-corrected chi connectivity index (χ4v) is 2.09. The molecule has 0 aromatic carbocycles. The first kappa shape index (κ1) is 11.6. The SMILES string of the molecule is CC(Nc1cnn(CC(N)=O)c1)c1cscn1. The topological polar surface area (TPSA) is 85.8 Å². The third kappa shape index (κ3) is 3.04. The summed E-state index contributed by atoms with van der Waals surface area (Å²) in [6.45, 7) is 2.10. The van der Waals surface area contributed by atoms with Gasteiger partial charge in [0.15, 0.2) is 0 Å². The molecular formula is C10H13N5OS. The van der Waals surface area contributed by atoms with Crippen molar-refractivity contribution in [3.05, 3.63) is 29.0 Å². The molecular weight excluding hydrogens is 238 g/mol. The van der Waals surface area contributed by atoms with Crippen LogP contribution in [0.1, 0.15) is 18.7 Å². The summed E-state index contributed by atoms with van der Waals surface area (Å²) in [5, 5.41) is 9.26. The monoisotopic (exact) mass is 251 g/mol. The molecule has 1 atom stereocenters. The van der Waals surface area contributed by atoms with Crippen LogP contribution < -0.4 is 11.1 Å². The van der Waals surface area contributed by atoms with Gasteiger partial charge in [0.2, 0.25) is 5.91 Å². The molecule has 0 aliphatic heterocycles. The summed E-state index contributed by atoms with van der Waals surface area (Å²) in [7, 11) is 0. The highest BCUT2D eigenvalue weighted by molar-refractivity contribution is 7.07. The van der Waals surface area contributed by atoms with Crippen molar-refractivity contribution < 1.29 is 4.79 Å². The molecule has 17 heavy (non-hydrogen) atoms. The summed E-state index contributed by atoms with van der Waals surface area (Å²) in [5.41, 5.74) is 8.70. The fourth-order valence-electron chi connectivity index (χ4n) is 1.44. The normalized spacial score (nSPS) is 12.3. The number of anilines is 1. The fraction of sp³-hybridized carbons (Fsp3) is 0.300. The molecule has 2 aromatic rings. The predicted molar refractivity (Wildman–Crippen MR) is 65.6 cm³/mol. The molecule has 3 N–H and O–H groups in total. The minimum Gasteiger partial charge on any atom is -0.374 e. The van der Waals surface area contributed by atoms with Gasteiger partial charge in [0.05, 0.1) is 29.1 Å². The Morgan fingerprint density at radius 3 is 3.18 bits per heavy atom. The van der Waals surface area contributed by atoms with Gasteiger partial charge in [0, 0.05) is 11.6 Å². The zero-order valence-electron chi connectivity index (χ0n) is 9.33. The van der Waals surface area contributed by atoms with Crippen molar-refractivity contribution in [2.24, 2.45) is 5.73 Å². The van der Waals surface area contributed by atoms with Crippen LogP contribution >= 0.6 is 11.3 Å². The maximum absolute atomic E-state index is 10.7. The van der Waals surface area contributed by atoms with Gasteiger partial charge < -0.3 is 11.1 Å². The average molecular weight is 251 g/mol.